The lowest BCUT2D eigenvalue weighted by molar-refractivity contribution is -0.116. The first-order valence-corrected chi connectivity index (χ1v) is 11.5. The van der Waals surface area contributed by atoms with Crippen LogP contribution in [-0.2, 0) is 11.3 Å². The van der Waals surface area contributed by atoms with Gasteiger partial charge in [-0.05, 0) is 47.2 Å². The molecule has 0 aliphatic heterocycles. The summed E-state index contributed by atoms with van der Waals surface area (Å²) >= 11 is 4.56. The van der Waals surface area contributed by atoms with E-state index in [9.17, 15) is 4.79 Å². The van der Waals surface area contributed by atoms with Gasteiger partial charge in [-0.1, -0.05) is 23.9 Å². The van der Waals surface area contributed by atoms with Crippen molar-refractivity contribution in [1.82, 2.24) is 15.2 Å². The zero-order chi connectivity index (χ0) is 20.1. The molecule has 0 saturated heterocycles. The number of aromatic amines is 1. The van der Waals surface area contributed by atoms with Gasteiger partial charge in [-0.3, -0.25) is 9.89 Å². The minimum absolute atomic E-state index is 0.00367. The normalized spacial score (nSPS) is 10.8. The molecule has 6 nitrogen and oxygen atoms in total. The molecule has 0 unspecified atom stereocenters. The number of amides is 1. The van der Waals surface area contributed by atoms with E-state index >= 15 is 0 Å². The second-order valence-electron chi connectivity index (χ2n) is 5.99. The van der Waals surface area contributed by atoms with Crippen LogP contribution in [0.25, 0.3) is 10.7 Å². The summed E-state index contributed by atoms with van der Waals surface area (Å²) in [5, 5.41) is 11.7. The van der Waals surface area contributed by atoms with Crippen LogP contribution in [0.4, 0.5) is 5.69 Å². The average Bonchev–Trinajstić information content (AvgIpc) is 3.52. The monoisotopic (exact) mass is 442 g/mol. The Kier molecular flexibility index (Phi) is 6.28. The Morgan fingerprint density at radius 2 is 1.93 bits per heavy atom. The smallest absolute Gasteiger partial charge is 0.237 e. The number of nitrogens with one attached hydrogen (secondary N) is 1. The number of hydrogen-bond donors (Lipinski definition) is 1. The lowest BCUT2D eigenvalue weighted by Gasteiger charge is -2.22. The van der Waals surface area contributed by atoms with Gasteiger partial charge in [0.1, 0.15) is 5.75 Å². The highest BCUT2D eigenvalue weighted by molar-refractivity contribution is 7.99. The highest BCUT2D eigenvalue weighted by Gasteiger charge is 2.18. The fraction of sp³-hybridized carbons (Fsp3) is 0.150. The van der Waals surface area contributed by atoms with Crippen molar-refractivity contribution in [1.29, 1.82) is 0 Å². The summed E-state index contributed by atoms with van der Waals surface area (Å²) in [6.07, 6.45) is 0. The summed E-state index contributed by atoms with van der Waals surface area (Å²) in [6, 6.07) is 15.5. The van der Waals surface area contributed by atoms with Crippen molar-refractivity contribution < 1.29 is 9.53 Å². The van der Waals surface area contributed by atoms with Crippen LogP contribution < -0.4 is 9.64 Å². The number of nitrogens with zero attached hydrogens (tertiary/aromatic N) is 3. The van der Waals surface area contributed by atoms with Crippen molar-refractivity contribution in [3.63, 3.8) is 0 Å². The molecule has 148 valence electrons. The molecule has 9 heteroatoms. The zero-order valence-corrected chi connectivity index (χ0v) is 18.0. The van der Waals surface area contributed by atoms with Crippen LogP contribution in [0.3, 0.4) is 0 Å². The fourth-order valence-electron chi connectivity index (χ4n) is 2.68. The first kappa shape index (κ1) is 19.7. The molecule has 4 rings (SSSR count). The molecule has 1 aromatic carbocycles. The van der Waals surface area contributed by atoms with Crippen molar-refractivity contribution in [2.24, 2.45) is 0 Å². The summed E-state index contributed by atoms with van der Waals surface area (Å²) in [6.45, 7) is 0.526. The molecule has 0 saturated carbocycles. The summed E-state index contributed by atoms with van der Waals surface area (Å²) in [4.78, 5) is 21.5. The van der Waals surface area contributed by atoms with Crippen LogP contribution in [0.5, 0.6) is 5.75 Å². The summed E-state index contributed by atoms with van der Waals surface area (Å²) < 4.78 is 5.23. The molecular weight excluding hydrogens is 424 g/mol. The molecule has 0 aliphatic carbocycles. The summed E-state index contributed by atoms with van der Waals surface area (Å²) in [5.74, 6) is 1.73. The Hall–Kier alpha value is -2.62. The number of methoxy groups -OCH3 is 1. The number of rotatable bonds is 8. The van der Waals surface area contributed by atoms with E-state index in [1.54, 1.807) is 34.7 Å². The Bertz CT molecular complexity index is 1040. The van der Waals surface area contributed by atoms with Gasteiger partial charge in [-0.25, -0.2) is 4.98 Å². The number of benzene rings is 1. The highest BCUT2D eigenvalue weighted by Crippen LogP contribution is 2.26. The number of aromatic nitrogens is 3. The third-order valence-corrected chi connectivity index (χ3v) is 6.69. The van der Waals surface area contributed by atoms with Gasteiger partial charge in [0.15, 0.2) is 5.82 Å². The largest absolute Gasteiger partial charge is 0.497 e. The Morgan fingerprint density at radius 1 is 1.14 bits per heavy atom. The molecule has 3 heterocycles. The van der Waals surface area contributed by atoms with Gasteiger partial charge < -0.3 is 9.64 Å². The number of hydrogen-bond acceptors (Lipinski definition) is 7. The van der Waals surface area contributed by atoms with Gasteiger partial charge in [0.2, 0.25) is 11.1 Å². The van der Waals surface area contributed by atoms with Crippen LogP contribution in [0.15, 0.2) is 64.4 Å². The van der Waals surface area contributed by atoms with Gasteiger partial charge in [0.05, 0.1) is 24.3 Å². The average molecular weight is 443 g/mol. The maximum atomic E-state index is 13.0. The predicted octanol–water partition coefficient (Wildman–Crippen LogP) is 4.93. The maximum Gasteiger partial charge on any atom is 0.237 e. The van der Waals surface area contributed by atoms with Gasteiger partial charge in [-0.2, -0.15) is 0 Å². The number of H-pyrrole nitrogens is 1. The first-order valence-electron chi connectivity index (χ1n) is 8.79. The molecule has 0 bridgehead atoms. The molecule has 4 aromatic rings. The molecule has 0 aliphatic rings. The van der Waals surface area contributed by atoms with Crippen molar-refractivity contribution in [2.75, 3.05) is 17.8 Å². The number of thiophene rings is 2. The number of thioether (sulfide) groups is 1. The van der Waals surface area contributed by atoms with Crippen molar-refractivity contribution in [2.45, 2.75) is 11.7 Å². The Labute approximate surface area is 180 Å². The molecule has 0 fully saturated rings. The molecule has 3 aromatic heterocycles. The zero-order valence-electron chi connectivity index (χ0n) is 15.6. The van der Waals surface area contributed by atoms with Crippen LogP contribution in [-0.4, -0.2) is 34.0 Å². The SMILES string of the molecule is COc1ccc(N(Cc2cccs2)C(=O)CSc2n[nH]c(-c3cccs3)n2)cc1. The quantitative estimate of drug-likeness (QED) is 0.392. The van der Waals surface area contributed by atoms with Crippen LogP contribution in [0.2, 0.25) is 0 Å². The molecule has 1 amide bonds. The van der Waals surface area contributed by atoms with E-state index in [4.69, 9.17) is 4.74 Å². The van der Waals surface area contributed by atoms with Gasteiger partial charge in [0.25, 0.3) is 0 Å². The molecule has 0 atom stereocenters. The lowest BCUT2D eigenvalue weighted by Crippen LogP contribution is -2.31. The van der Waals surface area contributed by atoms with Crippen molar-refractivity contribution >= 4 is 46.0 Å². The second kappa shape index (κ2) is 9.25. The molecule has 0 radical (unpaired) electrons. The van der Waals surface area contributed by atoms with Crippen molar-refractivity contribution in [3.05, 3.63) is 64.2 Å². The number of carbonyl (C=O) groups excluding carboxylic acids is 1. The number of anilines is 1. The minimum Gasteiger partial charge on any atom is -0.497 e. The van der Waals surface area contributed by atoms with Crippen molar-refractivity contribution in [3.8, 4) is 16.5 Å². The van der Waals surface area contributed by atoms with E-state index in [1.807, 2.05) is 59.3 Å². The van der Waals surface area contributed by atoms with E-state index in [0.29, 0.717) is 11.7 Å². The third kappa shape index (κ3) is 4.87. The van der Waals surface area contributed by atoms with Crippen LogP contribution in [0.1, 0.15) is 4.88 Å². The summed E-state index contributed by atoms with van der Waals surface area (Å²) in [5.41, 5.74) is 0.832. The molecule has 29 heavy (non-hydrogen) atoms. The van der Waals surface area contributed by atoms with E-state index in [2.05, 4.69) is 15.2 Å². The van der Waals surface area contributed by atoms with E-state index in [-0.39, 0.29) is 11.7 Å². The standard InChI is InChI=1S/C20H18N4O2S3/c1-26-15-8-6-14(7-9-15)24(12-16-4-2-10-27-16)18(25)13-29-20-21-19(22-23-20)17-5-3-11-28-17/h2-11H,12-13H2,1H3,(H,21,22,23). The summed E-state index contributed by atoms with van der Waals surface area (Å²) in [7, 11) is 1.63. The third-order valence-electron chi connectivity index (χ3n) is 4.12. The topological polar surface area (TPSA) is 71.1 Å². The predicted molar refractivity (Wildman–Crippen MR) is 119 cm³/mol. The second-order valence-corrected chi connectivity index (χ2v) is 8.91. The fourth-order valence-corrected chi connectivity index (χ4v) is 4.71. The maximum absolute atomic E-state index is 13.0. The Morgan fingerprint density at radius 3 is 2.62 bits per heavy atom. The highest BCUT2D eigenvalue weighted by atomic mass is 32.2. The van der Waals surface area contributed by atoms with E-state index in [1.165, 1.54) is 11.8 Å². The van der Waals surface area contributed by atoms with Crippen LogP contribution in [0, 0.1) is 0 Å². The van der Waals surface area contributed by atoms with E-state index in [0.717, 1.165) is 27.0 Å². The van der Waals surface area contributed by atoms with Gasteiger partial charge in [-0.15, -0.1) is 27.8 Å². The van der Waals surface area contributed by atoms with Gasteiger partial charge in [0, 0.05) is 10.6 Å². The Balaban J connectivity index is 1.47. The molecule has 0 spiro atoms. The van der Waals surface area contributed by atoms with Crippen LogP contribution >= 0.6 is 34.4 Å². The van der Waals surface area contributed by atoms with Gasteiger partial charge >= 0.3 is 0 Å². The first-order chi connectivity index (χ1) is 14.2. The lowest BCUT2D eigenvalue weighted by atomic mass is 10.2. The van der Waals surface area contributed by atoms with E-state index < -0.39 is 0 Å². The minimum atomic E-state index is -0.00367. The molecular formula is C20H18N4O2S3. The number of carbonyl (C=O) groups is 1. The number of ether oxygens (including phenoxy) is 1. The molecule has 1 N–H and O–H groups in total.